The van der Waals surface area contributed by atoms with Crippen LogP contribution < -0.4 is 0 Å². The smallest absolute Gasteiger partial charge is 0.223 e. The largest absolute Gasteiger partial charge is 0.335 e. The SMILES string of the molecule is O=C(CCS)N(Cc1ccsc1)C1CC1. The van der Waals surface area contributed by atoms with E-state index in [2.05, 4.69) is 29.5 Å². The molecule has 0 saturated heterocycles. The summed E-state index contributed by atoms with van der Waals surface area (Å²) in [5.74, 6) is 0.893. The number of hydrogen-bond donors (Lipinski definition) is 1. The normalized spacial score (nSPS) is 15.3. The average molecular weight is 241 g/mol. The summed E-state index contributed by atoms with van der Waals surface area (Å²) in [4.78, 5) is 13.8. The maximum atomic E-state index is 11.8. The molecule has 0 atom stereocenters. The highest BCUT2D eigenvalue weighted by molar-refractivity contribution is 7.80. The van der Waals surface area contributed by atoms with E-state index >= 15 is 0 Å². The van der Waals surface area contributed by atoms with E-state index in [1.807, 2.05) is 4.90 Å². The van der Waals surface area contributed by atoms with Crippen molar-refractivity contribution in [3.8, 4) is 0 Å². The molecule has 15 heavy (non-hydrogen) atoms. The van der Waals surface area contributed by atoms with E-state index in [1.165, 1.54) is 18.4 Å². The van der Waals surface area contributed by atoms with Crippen molar-refractivity contribution in [2.45, 2.75) is 31.8 Å². The highest BCUT2D eigenvalue weighted by Gasteiger charge is 2.31. The number of carbonyl (C=O) groups excluding carboxylic acids is 1. The topological polar surface area (TPSA) is 20.3 Å². The summed E-state index contributed by atoms with van der Waals surface area (Å²) in [6.45, 7) is 0.779. The van der Waals surface area contributed by atoms with Crippen LogP contribution >= 0.6 is 24.0 Å². The Morgan fingerprint density at radius 3 is 2.93 bits per heavy atom. The zero-order valence-corrected chi connectivity index (χ0v) is 10.3. The molecule has 1 amide bonds. The molecule has 1 aliphatic rings. The van der Waals surface area contributed by atoms with Gasteiger partial charge in [0.15, 0.2) is 0 Å². The standard InChI is InChI=1S/C11H15NOS2/c13-11(3-5-14)12(10-1-2-10)7-9-4-6-15-8-9/h4,6,8,10,14H,1-3,5,7H2. The van der Waals surface area contributed by atoms with Crippen molar-refractivity contribution < 1.29 is 4.79 Å². The maximum Gasteiger partial charge on any atom is 0.223 e. The molecule has 0 bridgehead atoms. The summed E-state index contributed by atoms with van der Waals surface area (Å²) in [5.41, 5.74) is 1.25. The molecule has 1 fully saturated rings. The molecular weight excluding hydrogens is 226 g/mol. The summed E-state index contributed by atoms with van der Waals surface area (Å²) < 4.78 is 0. The van der Waals surface area contributed by atoms with Gasteiger partial charge in [-0.05, 0) is 41.0 Å². The molecule has 0 aromatic carbocycles. The second-order valence-corrected chi connectivity index (χ2v) is 5.09. The molecule has 1 aromatic heterocycles. The molecule has 2 rings (SSSR count). The number of carbonyl (C=O) groups is 1. The Balaban J connectivity index is 1.97. The monoisotopic (exact) mass is 241 g/mol. The van der Waals surface area contributed by atoms with Gasteiger partial charge in [0.05, 0.1) is 0 Å². The van der Waals surface area contributed by atoms with Crippen LogP contribution in [0.1, 0.15) is 24.8 Å². The summed E-state index contributed by atoms with van der Waals surface area (Å²) in [6, 6.07) is 2.59. The lowest BCUT2D eigenvalue weighted by Gasteiger charge is -2.21. The molecule has 1 aliphatic carbocycles. The quantitative estimate of drug-likeness (QED) is 0.786. The van der Waals surface area contributed by atoms with Crippen LogP contribution in [0.25, 0.3) is 0 Å². The van der Waals surface area contributed by atoms with Crippen LogP contribution in [0.4, 0.5) is 0 Å². The Kier molecular flexibility index (Phi) is 3.70. The fourth-order valence-corrected chi connectivity index (χ4v) is 2.48. The van der Waals surface area contributed by atoms with Gasteiger partial charge in [-0.15, -0.1) is 0 Å². The Hall–Kier alpha value is -0.480. The lowest BCUT2D eigenvalue weighted by Crippen LogP contribution is -2.32. The second-order valence-electron chi connectivity index (χ2n) is 3.86. The molecule has 1 aromatic rings. The van der Waals surface area contributed by atoms with Gasteiger partial charge >= 0.3 is 0 Å². The van der Waals surface area contributed by atoms with E-state index < -0.39 is 0 Å². The molecule has 0 aliphatic heterocycles. The minimum Gasteiger partial charge on any atom is -0.335 e. The Morgan fingerprint density at radius 1 is 1.60 bits per heavy atom. The Labute approximate surface area is 99.7 Å². The van der Waals surface area contributed by atoms with Crippen LogP contribution in [0.5, 0.6) is 0 Å². The van der Waals surface area contributed by atoms with Crippen molar-refractivity contribution in [3.05, 3.63) is 22.4 Å². The number of thiophene rings is 1. The molecule has 1 heterocycles. The average Bonchev–Trinajstić information content (AvgIpc) is 2.93. The van der Waals surface area contributed by atoms with E-state index in [9.17, 15) is 4.79 Å². The van der Waals surface area contributed by atoms with Crippen LogP contribution in [-0.4, -0.2) is 22.6 Å². The zero-order valence-electron chi connectivity index (χ0n) is 8.56. The van der Waals surface area contributed by atoms with E-state index in [0.29, 0.717) is 18.2 Å². The van der Waals surface area contributed by atoms with Gasteiger partial charge in [0.1, 0.15) is 0 Å². The molecule has 0 radical (unpaired) electrons. The first-order chi connectivity index (χ1) is 7.31. The van der Waals surface area contributed by atoms with E-state index in [1.54, 1.807) is 11.3 Å². The number of nitrogens with zero attached hydrogens (tertiary/aromatic N) is 1. The zero-order chi connectivity index (χ0) is 10.7. The van der Waals surface area contributed by atoms with Gasteiger partial charge in [0.25, 0.3) is 0 Å². The van der Waals surface area contributed by atoms with Gasteiger partial charge in [0, 0.05) is 19.0 Å². The molecule has 4 heteroatoms. The van der Waals surface area contributed by atoms with Gasteiger partial charge < -0.3 is 4.90 Å². The predicted octanol–water partition coefficient (Wildman–Crippen LogP) is 2.56. The highest BCUT2D eigenvalue weighted by Crippen LogP contribution is 2.29. The Morgan fingerprint density at radius 2 is 2.40 bits per heavy atom. The Bertz CT molecular complexity index is 319. The molecule has 2 nitrogen and oxygen atoms in total. The van der Waals surface area contributed by atoms with Crippen LogP contribution in [-0.2, 0) is 11.3 Å². The van der Waals surface area contributed by atoms with Gasteiger partial charge in [0.2, 0.25) is 5.91 Å². The summed E-state index contributed by atoms with van der Waals surface area (Å²) in [5, 5.41) is 4.17. The first-order valence-corrected chi connectivity index (χ1v) is 6.80. The van der Waals surface area contributed by atoms with Crippen molar-refractivity contribution in [1.82, 2.24) is 4.90 Å². The fourth-order valence-electron chi connectivity index (χ4n) is 1.63. The molecule has 0 N–H and O–H groups in total. The van der Waals surface area contributed by atoms with Crippen molar-refractivity contribution >= 4 is 29.9 Å². The molecular formula is C11H15NOS2. The van der Waals surface area contributed by atoms with Gasteiger partial charge in [-0.25, -0.2) is 0 Å². The summed E-state index contributed by atoms with van der Waals surface area (Å²) in [7, 11) is 0. The van der Waals surface area contributed by atoms with Crippen LogP contribution in [0.15, 0.2) is 16.8 Å². The number of amides is 1. The minimum atomic E-state index is 0.249. The van der Waals surface area contributed by atoms with Crippen molar-refractivity contribution in [2.24, 2.45) is 0 Å². The van der Waals surface area contributed by atoms with E-state index in [0.717, 1.165) is 6.54 Å². The predicted molar refractivity (Wildman–Crippen MR) is 66.4 cm³/mol. The molecule has 82 valence electrons. The third kappa shape index (κ3) is 2.98. The van der Waals surface area contributed by atoms with Gasteiger partial charge in [-0.1, -0.05) is 0 Å². The van der Waals surface area contributed by atoms with Crippen LogP contribution in [0, 0.1) is 0 Å². The van der Waals surface area contributed by atoms with Crippen molar-refractivity contribution in [3.63, 3.8) is 0 Å². The fraction of sp³-hybridized carbons (Fsp3) is 0.545. The molecule has 1 saturated carbocycles. The van der Waals surface area contributed by atoms with Crippen LogP contribution in [0.2, 0.25) is 0 Å². The van der Waals surface area contributed by atoms with E-state index in [4.69, 9.17) is 0 Å². The lowest BCUT2D eigenvalue weighted by atomic mass is 10.3. The molecule has 0 unspecified atom stereocenters. The number of thiol groups is 1. The number of hydrogen-bond acceptors (Lipinski definition) is 3. The third-order valence-electron chi connectivity index (χ3n) is 2.57. The van der Waals surface area contributed by atoms with Gasteiger partial charge in [-0.3, -0.25) is 4.79 Å². The second kappa shape index (κ2) is 5.03. The maximum absolute atomic E-state index is 11.8. The lowest BCUT2D eigenvalue weighted by molar-refractivity contribution is -0.131. The summed E-state index contributed by atoms with van der Waals surface area (Å²) in [6.07, 6.45) is 2.90. The molecule has 0 spiro atoms. The summed E-state index contributed by atoms with van der Waals surface area (Å²) >= 11 is 5.80. The highest BCUT2D eigenvalue weighted by atomic mass is 32.1. The van der Waals surface area contributed by atoms with Crippen LogP contribution in [0.3, 0.4) is 0 Å². The first kappa shape index (κ1) is 11.0. The van der Waals surface area contributed by atoms with Crippen molar-refractivity contribution in [1.29, 1.82) is 0 Å². The number of rotatable bonds is 5. The van der Waals surface area contributed by atoms with Gasteiger partial charge in [-0.2, -0.15) is 24.0 Å². The minimum absolute atomic E-state index is 0.249. The van der Waals surface area contributed by atoms with E-state index in [-0.39, 0.29) is 5.91 Å². The third-order valence-corrected chi connectivity index (χ3v) is 3.52. The van der Waals surface area contributed by atoms with Crippen molar-refractivity contribution in [2.75, 3.05) is 5.75 Å². The first-order valence-electron chi connectivity index (χ1n) is 5.22.